The van der Waals surface area contributed by atoms with Crippen molar-refractivity contribution in [2.24, 2.45) is 17.8 Å². The number of aryl methyl sites for hydroxylation is 2. The summed E-state index contributed by atoms with van der Waals surface area (Å²) < 4.78 is 0. The summed E-state index contributed by atoms with van der Waals surface area (Å²) in [7, 11) is 0. The zero-order chi connectivity index (χ0) is 21.2. The maximum atomic E-state index is 12.7. The number of carbonyl (C=O) groups is 1. The van der Waals surface area contributed by atoms with Crippen LogP contribution in [-0.4, -0.2) is 18.7 Å². The van der Waals surface area contributed by atoms with Gasteiger partial charge in [0.05, 0.1) is 0 Å². The van der Waals surface area contributed by atoms with Gasteiger partial charge in [0.25, 0.3) is 0 Å². The number of allylic oxidation sites excluding steroid dienone is 4. The van der Waals surface area contributed by atoms with Crippen LogP contribution in [0.25, 0.3) is 0 Å². The van der Waals surface area contributed by atoms with Crippen molar-refractivity contribution in [1.29, 1.82) is 5.26 Å². The van der Waals surface area contributed by atoms with Gasteiger partial charge < -0.3 is 0 Å². The molecule has 0 spiro atoms. The number of rotatable bonds is 9. The van der Waals surface area contributed by atoms with Gasteiger partial charge in [-0.3, -0.25) is 0 Å². The quantitative estimate of drug-likeness (QED) is 0.392. The van der Waals surface area contributed by atoms with Crippen LogP contribution >= 0.6 is 0 Å². The van der Waals surface area contributed by atoms with Gasteiger partial charge in [0, 0.05) is 0 Å². The molecule has 3 heteroatoms. The summed E-state index contributed by atoms with van der Waals surface area (Å²) in [5.74, 6) is 1.87. The van der Waals surface area contributed by atoms with Gasteiger partial charge in [-0.2, -0.15) is 0 Å². The van der Waals surface area contributed by atoms with Gasteiger partial charge in [-0.05, 0) is 0 Å². The van der Waals surface area contributed by atoms with Gasteiger partial charge in [0.2, 0.25) is 0 Å². The summed E-state index contributed by atoms with van der Waals surface area (Å²) in [6.45, 7) is 10.8. The second kappa shape index (κ2) is 11.7. The average Bonchev–Trinajstić information content (AvgIpc) is 2.69. The molecule has 0 saturated carbocycles. The molecule has 0 fully saturated rings. The number of nitrogens with zero attached hydrogens (tertiary/aromatic N) is 1. The predicted octanol–water partition coefficient (Wildman–Crippen LogP) is 5.89. The van der Waals surface area contributed by atoms with E-state index in [-0.39, 0.29) is 23.5 Å². The fourth-order valence-electron chi connectivity index (χ4n) is 4.52. The second-order valence-corrected chi connectivity index (χ2v) is 8.44. The Morgan fingerprint density at radius 3 is 2.72 bits per heavy atom. The van der Waals surface area contributed by atoms with Gasteiger partial charge in [-0.15, -0.1) is 0 Å². The molecule has 2 rings (SSSR count). The Hall–Kier alpha value is -2.21. The zero-order valence-corrected chi connectivity index (χ0v) is 18.4. The number of hydrogen-bond acceptors (Lipinski definition) is 2. The van der Waals surface area contributed by atoms with Gasteiger partial charge in [0.1, 0.15) is 0 Å². The van der Waals surface area contributed by atoms with Gasteiger partial charge in [0.15, 0.2) is 0 Å². The molecule has 3 atom stereocenters. The van der Waals surface area contributed by atoms with Crippen molar-refractivity contribution in [3.05, 3.63) is 58.7 Å². The van der Waals surface area contributed by atoms with Crippen LogP contribution in [0.1, 0.15) is 57.6 Å². The van der Waals surface area contributed by atoms with Crippen molar-refractivity contribution in [2.75, 3.05) is 0 Å². The molecule has 1 aliphatic heterocycles. The molecule has 0 aliphatic carbocycles. The van der Waals surface area contributed by atoms with Crippen molar-refractivity contribution in [3.63, 3.8) is 0 Å². The average molecular weight is 387 g/mol. The Labute approximate surface area is 177 Å². The summed E-state index contributed by atoms with van der Waals surface area (Å²) in [4.78, 5) is 12.7. The van der Waals surface area contributed by atoms with Crippen LogP contribution in [-0.2, 0) is 11.2 Å². The molecule has 0 saturated heterocycles. The molecule has 1 aromatic rings. The summed E-state index contributed by atoms with van der Waals surface area (Å²) in [5, 5.41) is 9.44. The SMILES string of the molecule is CCC(C1=C/C=BCC\C(C)=C\1)C(C(=O)C#N)C(C)CCCc1ccccc1C. The summed E-state index contributed by atoms with van der Waals surface area (Å²) in [6.07, 6.45) is 10.4. The topological polar surface area (TPSA) is 40.9 Å². The monoisotopic (exact) mass is 387 g/mol. The molecule has 2 nitrogen and oxygen atoms in total. The van der Waals surface area contributed by atoms with E-state index >= 15 is 0 Å². The molecule has 152 valence electrons. The Morgan fingerprint density at radius 2 is 2.03 bits per heavy atom. The first-order valence-electron chi connectivity index (χ1n) is 11.0. The van der Waals surface area contributed by atoms with E-state index in [1.165, 1.54) is 22.3 Å². The van der Waals surface area contributed by atoms with Crippen LogP contribution in [0, 0.1) is 36.0 Å². The standard InChI is InChI=1S/C26H34BNO/c1-5-24(23-14-16-27-15-13-19(2)17-23)26(25(29)18-28)21(4)10-8-12-22-11-7-6-9-20(22)3/h6-7,9,11,14,16-17,21,24,26H,5,8,10,12-13,15H2,1-4H3/b19-17+,23-14+. The Morgan fingerprint density at radius 1 is 1.28 bits per heavy atom. The fraction of sp³-hybridized carbons (Fsp3) is 0.500. The number of benzene rings is 1. The van der Waals surface area contributed by atoms with Crippen molar-refractivity contribution in [1.82, 2.24) is 0 Å². The third kappa shape index (κ3) is 6.67. The van der Waals surface area contributed by atoms with Gasteiger partial charge in [-0.1, -0.05) is 6.07 Å². The first-order valence-corrected chi connectivity index (χ1v) is 11.0. The third-order valence-electron chi connectivity index (χ3n) is 6.24. The molecule has 29 heavy (non-hydrogen) atoms. The van der Waals surface area contributed by atoms with Crippen molar-refractivity contribution < 1.29 is 4.79 Å². The van der Waals surface area contributed by atoms with E-state index in [1.807, 2.05) is 6.07 Å². The molecule has 0 N–H and O–H groups in total. The Balaban J connectivity index is 2.17. The molecule has 0 radical (unpaired) electrons. The molecule has 3 unspecified atom stereocenters. The zero-order valence-electron chi connectivity index (χ0n) is 18.4. The van der Waals surface area contributed by atoms with Gasteiger partial charge >= 0.3 is 171 Å². The Kier molecular flexibility index (Phi) is 9.32. The van der Waals surface area contributed by atoms with Gasteiger partial charge in [-0.25, -0.2) is 0 Å². The van der Waals surface area contributed by atoms with Crippen LogP contribution in [0.2, 0.25) is 6.32 Å². The summed E-state index contributed by atoms with van der Waals surface area (Å²) in [5.41, 5.74) is 5.24. The summed E-state index contributed by atoms with van der Waals surface area (Å²) >= 11 is 0. The van der Waals surface area contributed by atoms with Crippen LogP contribution in [0.4, 0.5) is 0 Å². The molecule has 1 aliphatic rings. The number of Topliss-reactive ketones (excluding diaryl/α,β-unsaturated/α-hetero) is 1. The number of carbonyl (C=O) groups excluding carboxylic acids is 1. The fourth-order valence-corrected chi connectivity index (χ4v) is 4.52. The Bertz CT molecular complexity index is 827. The van der Waals surface area contributed by atoms with Crippen LogP contribution in [0.3, 0.4) is 0 Å². The van der Waals surface area contributed by atoms with Crippen LogP contribution < -0.4 is 0 Å². The maximum absolute atomic E-state index is 12.7. The van der Waals surface area contributed by atoms with E-state index in [4.69, 9.17) is 0 Å². The molecule has 0 amide bonds. The van der Waals surface area contributed by atoms with E-state index in [2.05, 4.69) is 77.0 Å². The van der Waals surface area contributed by atoms with E-state index < -0.39 is 0 Å². The number of nitriles is 1. The molecular formula is C26H34BNO. The first kappa shape index (κ1) is 23.1. The predicted molar refractivity (Wildman–Crippen MR) is 124 cm³/mol. The van der Waals surface area contributed by atoms with Crippen LogP contribution in [0.15, 0.2) is 47.6 Å². The van der Waals surface area contributed by atoms with E-state index in [1.54, 1.807) is 0 Å². The third-order valence-corrected chi connectivity index (χ3v) is 6.24. The van der Waals surface area contributed by atoms with Crippen molar-refractivity contribution in [3.8, 4) is 6.07 Å². The van der Waals surface area contributed by atoms with E-state index in [9.17, 15) is 10.1 Å². The van der Waals surface area contributed by atoms with E-state index in [0.717, 1.165) is 38.4 Å². The normalized spacial score (nSPS) is 20.5. The minimum absolute atomic E-state index is 0.0910. The molecule has 0 bridgehead atoms. The molecule has 0 aromatic heterocycles. The van der Waals surface area contributed by atoms with Crippen molar-refractivity contribution in [2.45, 2.75) is 66.1 Å². The molecule has 1 aromatic carbocycles. The molecule has 1 heterocycles. The van der Waals surface area contributed by atoms with E-state index in [0.29, 0.717) is 0 Å². The van der Waals surface area contributed by atoms with Crippen LogP contribution in [0.5, 0.6) is 0 Å². The molecular weight excluding hydrogens is 353 g/mol. The second-order valence-electron chi connectivity index (χ2n) is 8.44. The van der Waals surface area contributed by atoms with Crippen molar-refractivity contribution >= 4 is 18.7 Å². The number of hydrogen-bond donors (Lipinski definition) is 0. The number of ketones is 1. The summed E-state index contributed by atoms with van der Waals surface area (Å²) in [6, 6.07) is 10.4. The minimum atomic E-state index is -0.266. The first-order chi connectivity index (χ1) is 14.0.